The first-order valence-electron chi connectivity index (χ1n) is 6.44. The second-order valence-electron chi connectivity index (χ2n) is 4.47. The molecule has 1 heterocycles. The van der Waals surface area contributed by atoms with Gasteiger partial charge in [-0.15, -0.1) is 0 Å². The number of methoxy groups -OCH3 is 2. The second kappa shape index (κ2) is 6.74. The van der Waals surface area contributed by atoms with Crippen molar-refractivity contribution in [3.8, 4) is 11.5 Å². The number of esters is 1. The summed E-state index contributed by atoms with van der Waals surface area (Å²) in [7, 11) is 2.94. The monoisotopic (exact) mass is 287 g/mol. The Morgan fingerprint density at radius 1 is 1.14 bits per heavy atom. The summed E-state index contributed by atoms with van der Waals surface area (Å²) in [6.45, 7) is 2.28. The molecule has 0 saturated carbocycles. The maximum Gasteiger partial charge on any atom is 0.339 e. The molecule has 0 spiro atoms. The summed E-state index contributed by atoms with van der Waals surface area (Å²) in [5.74, 6) is 0.929. The van der Waals surface area contributed by atoms with Gasteiger partial charge in [-0.05, 0) is 36.8 Å². The highest BCUT2D eigenvalue weighted by Crippen LogP contribution is 2.28. The van der Waals surface area contributed by atoms with E-state index in [2.05, 4.69) is 9.72 Å². The smallest absolute Gasteiger partial charge is 0.339 e. The van der Waals surface area contributed by atoms with Gasteiger partial charge in [0.25, 0.3) is 0 Å². The molecule has 2 aromatic rings. The molecule has 5 nitrogen and oxygen atoms in total. The van der Waals surface area contributed by atoms with Gasteiger partial charge in [0.15, 0.2) is 11.5 Å². The molecule has 1 aromatic heterocycles. The van der Waals surface area contributed by atoms with Crippen molar-refractivity contribution in [2.24, 2.45) is 0 Å². The van der Waals surface area contributed by atoms with Crippen LogP contribution in [0.4, 0.5) is 0 Å². The molecule has 0 aliphatic carbocycles. The zero-order valence-electron chi connectivity index (χ0n) is 12.3. The zero-order chi connectivity index (χ0) is 15.2. The summed E-state index contributed by atoms with van der Waals surface area (Å²) < 4.78 is 15.6. The Kier molecular flexibility index (Phi) is 4.77. The van der Waals surface area contributed by atoms with Gasteiger partial charge in [-0.25, -0.2) is 4.79 Å². The Bertz CT molecular complexity index is 623. The van der Waals surface area contributed by atoms with E-state index >= 15 is 0 Å². The first-order valence-corrected chi connectivity index (χ1v) is 6.44. The van der Waals surface area contributed by atoms with Gasteiger partial charge >= 0.3 is 5.97 Å². The Morgan fingerprint density at radius 3 is 2.57 bits per heavy atom. The predicted octanol–water partition coefficient (Wildman–Crippen LogP) is 2.76. The van der Waals surface area contributed by atoms with Crippen molar-refractivity contribution in [2.75, 3.05) is 14.2 Å². The molecule has 0 radical (unpaired) electrons. The number of hydrogen-bond donors (Lipinski definition) is 0. The van der Waals surface area contributed by atoms with Crippen LogP contribution < -0.4 is 9.47 Å². The number of hydrogen-bond acceptors (Lipinski definition) is 5. The van der Waals surface area contributed by atoms with Crippen molar-refractivity contribution in [3.05, 3.63) is 53.3 Å². The molecule has 110 valence electrons. The third-order valence-electron chi connectivity index (χ3n) is 2.94. The Balaban J connectivity index is 2.05. The topological polar surface area (TPSA) is 57.7 Å². The third kappa shape index (κ3) is 3.72. The van der Waals surface area contributed by atoms with Gasteiger partial charge in [0.2, 0.25) is 0 Å². The normalized spacial score (nSPS) is 10.0. The van der Waals surface area contributed by atoms with E-state index in [9.17, 15) is 4.79 Å². The van der Waals surface area contributed by atoms with Crippen molar-refractivity contribution in [1.82, 2.24) is 4.98 Å². The SMILES string of the molecule is COC(=O)c1ccc(COc2ccc(C)cc2OC)nc1. The highest BCUT2D eigenvalue weighted by molar-refractivity contribution is 5.88. The number of aromatic nitrogens is 1. The fraction of sp³-hybridized carbons (Fsp3) is 0.250. The van der Waals surface area contributed by atoms with Crippen molar-refractivity contribution in [1.29, 1.82) is 0 Å². The van der Waals surface area contributed by atoms with E-state index in [4.69, 9.17) is 9.47 Å². The Hall–Kier alpha value is -2.56. The predicted molar refractivity (Wildman–Crippen MR) is 77.6 cm³/mol. The molecule has 0 saturated heterocycles. The number of aryl methyl sites for hydroxylation is 1. The van der Waals surface area contributed by atoms with E-state index in [-0.39, 0.29) is 0 Å². The second-order valence-corrected chi connectivity index (χ2v) is 4.47. The number of benzene rings is 1. The van der Waals surface area contributed by atoms with Crippen LogP contribution >= 0.6 is 0 Å². The largest absolute Gasteiger partial charge is 0.493 e. The summed E-state index contributed by atoms with van der Waals surface area (Å²) in [5.41, 5.74) is 2.22. The minimum atomic E-state index is -0.407. The fourth-order valence-corrected chi connectivity index (χ4v) is 1.79. The van der Waals surface area contributed by atoms with Crippen LogP contribution in [0.2, 0.25) is 0 Å². The summed E-state index contributed by atoms with van der Waals surface area (Å²) in [5, 5.41) is 0. The molecule has 2 rings (SSSR count). The average Bonchev–Trinajstić information content (AvgIpc) is 2.53. The molecular formula is C16H17NO4. The first-order chi connectivity index (χ1) is 10.1. The number of rotatable bonds is 5. The number of pyridine rings is 1. The van der Waals surface area contributed by atoms with Crippen LogP contribution in [0.5, 0.6) is 11.5 Å². The molecule has 0 unspecified atom stereocenters. The maximum atomic E-state index is 11.3. The van der Waals surface area contributed by atoms with E-state index < -0.39 is 5.97 Å². The van der Waals surface area contributed by atoms with Crippen LogP contribution in [0.15, 0.2) is 36.5 Å². The maximum absolute atomic E-state index is 11.3. The molecule has 0 aliphatic rings. The lowest BCUT2D eigenvalue weighted by Crippen LogP contribution is -2.04. The molecule has 0 fully saturated rings. The summed E-state index contributed by atoms with van der Waals surface area (Å²) in [6.07, 6.45) is 1.47. The molecule has 0 amide bonds. The lowest BCUT2D eigenvalue weighted by atomic mass is 10.2. The summed E-state index contributed by atoms with van der Waals surface area (Å²) in [4.78, 5) is 15.5. The number of carbonyl (C=O) groups excluding carboxylic acids is 1. The number of nitrogens with zero attached hydrogens (tertiary/aromatic N) is 1. The van der Waals surface area contributed by atoms with E-state index in [0.29, 0.717) is 29.4 Å². The van der Waals surface area contributed by atoms with Gasteiger partial charge in [0.05, 0.1) is 25.5 Å². The quantitative estimate of drug-likeness (QED) is 0.791. The summed E-state index contributed by atoms with van der Waals surface area (Å²) in [6, 6.07) is 9.10. The Morgan fingerprint density at radius 2 is 1.95 bits per heavy atom. The minimum absolute atomic E-state index is 0.293. The first kappa shape index (κ1) is 14.8. The van der Waals surface area contributed by atoms with E-state index in [1.54, 1.807) is 19.2 Å². The number of ether oxygens (including phenoxy) is 3. The van der Waals surface area contributed by atoms with Gasteiger partial charge in [-0.2, -0.15) is 0 Å². The lowest BCUT2D eigenvalue weighted by Gasteiger charge is -2.11. The van der Waals surface area contributed by atoms with Crippen LogP contribution in [-0.2, 0) is 11.3 Å². The van der Waals surface area contributed by atoms with Crippen molar-refractivity contribution >= 4 is 5.97 Å². The lowest BCUT2D eigenvalue weighted by molar-refractivity contribution is 0.0600. The van der Waals surface area contributed by atoms with Gasteiger partial charge in [0.1, 0.15) is 6.61 Å². The zero-order valence-corrected chi connectivity index (χ0v) is 12.3. The molecule has 0 N–H and O–H groups in total. The summed E-state index contributed by atoms with van der Waals surface area (Å²) >= 11 is 0. The van der Waals surface area contributed by atoms with Gasteiger partial charge in [0, 0.05) is 6.20 Å². The van der Waals surface area contributed by atoms with E-state index in [1.165, 1.54) is 13.3 Å². The van der Waals surface area contributed by atoms with Crippen molar-refractivity contribution in [2.45, 2.75) is 13.5 Å². The van der Waals surface area contributed by atoms with E-state index in [0.717, 1.165) is 5.56 Å². The highest BCUT2D eigenvalue weighted by Gasteiger charge is 2.07. The average molecular weight is 287 g/mol. The Labute approximate surface area is 123 Å². The van der Waals surface area contributed by atoms with Gasteiger partial charge in [-0.1, -0.05) is 6.07 Å². The number of carbonyl (C=O) groups is 1. The molecule has 0 atom stereocenters. The molecular weight excluding hydrogens is 270 g/mol. The molecule has 5 heteroatoms. The van der Waals surface area contributed by atoms with Crippen LogP contribution in [0.25, 0.3) is 0 Å². The van der Waals surface area contributed by atoms with Crippen LogP contribution in [0.1, 0.15) is 21.6 Å². The van der Waals surface area contributed by atoms with Crippen molar-refractivity contribution in [3.63, 3.8) is 0 Å². The highest BCUT2D eigenvalue weighted by atomic mass is 16.5. The van der Waals surface area contributed by atoms with Gasteiger partial charge in [-0.3, -0.25) is 4.98 Å². The third-order valence-corrected chi connectivity index (χ3v) is 2.94. The van der Waals surface area contributed by atoms with Crippen LogP contribution in [-0.4, -0.2) is 25.2 Å². The van der Waals surface area contributed by atoms with Gasteiger partial charge < -0.3 is 14.2 Å². The molecule has 21 heavy (non-hydrogen) atoms. The molecule has 0 bridgehead atoms. The molecule has 0 aliphatic heterocycles. The fourth-order valence-electron chi connectivity index (χ4n) is 1.79. The van der Waals surface area contributed by atoms with Crippen molar-refractivity contribution < 1.29 is 19.0 Å². The molecule has 1 aromatic carbocycles. The minimum Gasteiger partial charge on any atom is -0.493 e. The van der Waals surface area contributed by atoms with Crippen LogP contribution in [0.3, 0.4) is 0 Å². The van der Waals surface area contributed by atoms with Crippen LogP contribution in [0, 0.1) is 6.92 Å². The van der Waals surface area contributed by atoms with E-state index in [1.807, 2.05) is 25.1 Å². The standard InChI is InChI=1S/C16H17NO4/c1-11-4-7-14(15(8-11)19-2)21-10-13-6-5-12(9-17-13)16(18)20-3/h4-9H,10H2,1-3H3.